The molecule has 1 atom stereocenters. The zero-order valence-corrected chi connectivity index (χ0v) is 10.8. The molecule has 2 amide bonds. The molecule has 102 valence electrons. The van der Waals surface area contributed by atoms with Crippen molar-refractivity contribution < 1.29 is 9.59 Å². The number of nitrogens with two attached hydrogens (primary N) is 1. The lowest BCUT2D eigenvalue weighted by atomic mass is 10.2. The third-order valence-corrected chi connectivity index (χ3v) is 3.35. The smallest absolute Gasteiger partial charge is 0.240 e. The van der Waals surface area contributed by atoms with Crippen molar-refractivity contribution >= 4 is 11.8 Å². The molecule has 1 aliphatic rings. The van der Waals surface area contributed by atoms with Crippen LogP contribution in [0.15, 0.2) is 30.3 Å². The fourth-order valence-electron chi connectivity index (χ4n) is 2.37. The molecule has 5 nitrogen and oxygen atoms in total. The minimum Gasteiger partial charge on any atom is -0.368 e. The van der Waals surface area contributed by atoms with Crippen molar-refractivity contribution in [2.75, 3.05) is 13.1 Å². The van der Waals surface area contributed by atoms with Crippen LogP contribution in [0.5, 0.6) is 0 Å². The summed E-state index contributed by atoms with van der Waals surface area (Å²) in [7, 11) is 0. The van der Waals surface area contributed by atoms with Crippen molar-refractivity contribution in [3.63, 3.8) is 0 Å². The Morgan fingerprint density at radius 1 is 1.32 bits per heavy atom. The molecule has 0 saturated carbocycles. The zero-order valence-electron chi connectivity index (χ0n) is 10.8. The molecule has 1 saturated heterocycles. The zero-order chi connectivity index (χ0) is 13.7. The number of nitrogens with one attached hydrogen (secondary N) is 1. The summed E-state index contributed by atoms with van der Waals surface area (Å²) in [4.78, 5) is 24.8. The Labute approximate surface area is 112 Å². The molecular formula is C14H19N3O2. The largest absolute Gasteiger partial charge is 0.368 e. The molecule has 0 radical (unpaired) electrons. The first-order valence-electron chi connectivity index (χ1n) is 6.52. The van der Waals surface area contributed by atoms with E-state index in [2.05, 4.69) is 5.32 Å². The second-order valence-corrected chi connectivity index (χ2v) is 4.74. The fourth-order valence-corrected chi connectivity index (χ4v) is 2.37. The Kier molecular flexibility index (Phi) is 4.52. The number of amides is 2. The van der Waals surface area contributed by atoms with Gasteiger partial charge >= 0.3 is 0 Å². The highest BCUT2D eigenvalue weighted by molar-refractivity contribution is 5.88. The third kappa shape index (κ3) is 3.54. The van der Waals surface area contributed by atoms with Crippen LogP contribution in [0.4, 0.5) is 0 Å². The molecule has 5 heteroatoms. The van der Waals surface area contributed by atoms with Crippen LogP contribution in [0.1, 0.15) is 18.4 Å². The van der Waals surface area contributed by atoms with Crippen LogP contribution in [0, 0.1) is 0 Å². The Bertz CT molecular complexity index is 447. The van der Waals surface area contributed by atoms with Gasteiger partial charge in [-0.2, -0.15) is 0 Å². The maximum atomic E-state index is 12.0. The number of hydrogen-bond acceptors (Lipinski definition) is 3. The molecule has 0 unspecified atom stereocenters. The first-order chi connectivity index (χ1) is 9.18. The number of nitrogens with zero attached hydrogens (tertiary/aromatic N) is 1. The summed E-state index contributed by atoms with van der Waals surface area (Å²) < 4.78 is 0. The molecule has 1 aromatic carbocycles. The van der Waals surface area contributed by atoms with E-state index in [9.17, 15) is 9.59 Å². The van der Waals surface area contributed by atoms with E-state index in [1.54, 1.807) is 4.90 Å². The predicted octanol–water partition coefficient (Wildman–Crippen LogP) is 0.253. The summed E-state index contributed by atoms with van der Waals surface area (Å²) in [5.74, 6) is -0.467. The Balaban J connectivity index is 1.80. The van der Waals surface area contributed by atoms with E-state index >= 15 is 0 Å². The van der Waals surface area contributed by atoms with Gasteiger partial charge in [-0.15, -0.1) is 0 Å². The minimum absolute atomic E-state index is 0.0581. The monoisotopic (exact) mass is 261 g/mol. The highest BCUT2D eigenvalue weighted by atomic mass is 16.2. The Morgan fingerprint density at radius 2 is 2.05 bits per heavy atom. The number of rotatable bonds is 5. The molecule has 0 aromatic heterocycles. The van der Waals surface area contributed by atoms with Gasteiger partial charge < -0.3 is 16.0 Å². The van der Waals surface area contributed by atoms with E-state index in [1.165, 1.54) is 0 Å². The molecule has 1 heterocycles. The van der Waals surface area contributed by atoms with Gasteiger partial charge in [0.25, 0.3) is 0 Å². The van der Waals surface area contributed by atoms with Gasteiger partial charge in [0.05, 0.1) is 6.54 Å². The maximum Gasteiger partial charge on any atom is 0.240 e. The van der Waals surface area contributed by atoms with Crippen molar-refractivity contribution in [1.82, 2.24) is 10.2 Å². The molecule has 1 fully saturated rings. The average molecular weight is 261 g/mol. The van der Waals surface area contributed by atoms with E-state index in [-0.39, 0.29) is 12.5 Å². The molecule has 0 spiro atoms. The van der Waals surface area contributed by atoms with Crippen LogP contribution in [-0.2, 0) is 16.1 Å². The maximum absolute atomic E-state index is 12.0. The molecule has 19 heavy (non-hydrogen) atoms. The summed E-state index contributed by atoms with van der Waals surface area (Å²) in [5.41, 5.74) is 6.42. The quantitative estimate of drug-likeness (QED) is 0.798. The van der Waals surface area contributed by atoms with Crippen LogP contribution in [-0.4, -0.2) is 35.8 Å². The second kappa shape index (κ2) is 6.33. The molecule has 0 bridgehead atoms. The van der Waals surface area contributed by atoms with Gasteiger partial charge in [0.1, 0.15) is 6.04 Å². The summed E-state index contributed by atoms with van der Waals surface area (Å²) in [6.45, 7) is 1.50. The number of primary amides is 1. The van der Waals surface area contributed by atoms with Gasteiger partial charge in [0.2, 0.25) is 11.8 Å². The van der Waals surface area contributed by atoms with Gasteiger partial charge in [-0.1, -0.05) is 30.3 Å². The van der Waals surface area contributed by atoms with Gasteiger partial charge in [0, 0.05) is 13.1 Å². The van der Waals surface area contributed by atoms with Crippen molar-refractivity contribution in [2.24, 2.45) is 5.73 Å². The molecule has 1 aliphatic heterocycles. The number of benzene rings is 1. The number of carbonyl (C=O) groups is 2. The van der Waals surface area contributed by atoms with E-state index in [0.29, 0.717) is 19.5 Å². The van der Waals surface area contributed by atoms with Gasteiger partial charge in [-0.25, -0.2) is 0 Å². The number of hydrogen-bond donors (Lipinski definition) is 2. The SMILES string of the molecule is NC(=O)[C@@H]1CCCN1C(=O)CNCc1ccccc1. The van der Waals surface area contributed by atoms with Crippen molar-refractivity contribution in [1.29, 1.82) is 0 Å². The van der Waals surface area contributed by atoms with Crippen molar-refractivity contribution in [2.45, 2.75) is 25.4 Å². The normalized spacial score (nSPS) is 18.5. The lowest BCUT2D eigenvalue weighted by Gasteiger charge is -2.22. The number of likely N-dealkylation sites (tertiary alicyclic amines) is 1. The van der Waals surface area contributed by atoms with Gasteiger partial charge in [0.15, 0.2) is 0 Å². The molecule has 0 aliphatic carbocycles. The highest BCUT2D eigenvalue weighted by Gasteiger charge is 2.31. The average Bonchev–Trinajstić information content (AvgIpc) is 2.89. The minimum atomic E-state index is -0.425. The van der Waals surface area contributed by atoms with Crippen LogP contribution in [0.2, 0.25) is 0 Å². The lowest BCUT2D eigenvalue weighted by Crippen LogP contribution is -2.46. The van der Waals surface area contributed by atoms with Crippen molar-refractivity contribution in [3.05, 3.63) is 35.9 Å². The van der Waals surface area contributed by atoms with E-state index in [4.69, 9.17) is 5.73 Å². The van der Waals surface area contributed by atoms with Crippen LogP contribution in [0.3, 0.4) is 0 Å². The summed E-state index contributed by atoms with van der Waals surface area (Å²) in [5, 5.41) is 3.09. The molecule has 2 rings (SSSR count). The molecule has 1 aromatic rings. The molecule has 3 N–H and O–H groups in total. The summed E-state index contributed by atoms with van der Waals surface area (Å²) in [6.07, 6.45) is 1.53. The number of carbonyl (C=O) groups excluding carboxylic acids is 2. The van der Waals surface area contributed by atoms with Gasteiger partial charge in [-0.3, -0.25) is 9.59 Å². The van der Waals surface area contributed by atoms with Gasteiger partial charge in [-0.05, 0) is 18.4 Å². The summed E-state index contributed by atoms with van der Waals surface area (Å²) in [6, 6.07) is 9.45. The van der Waals surface area contributed by atoms with Crippen LogP contribution < -0.4 is 11.1 Å². The predicted molar refractivity (Wildman–Crippen MR) is 72.1 cm³/mol. The van der Waals surface area contributed by atoms with E-state index < -0.39 is 11.9 Å². The van der Waals surface area contributed by atoms with Crippen LogP contribution in [0.25, 0.3) is 0 Å². The highest BCUT2D eigenvalue weighted by Crippen LogP contribution is 2.16. The lowest BCUT2D eigenvalue weighted by molar-refractivity contribution is -0.136. The fraction of sp³-hybridized carbons (Fsp3) is 0.429. The second-order valence-electron chi connectivity index (χ2n) is 4.74. The van der Waals surface area contributed by atoms with Crippen LogP contribution >= 0.6 is 0 Å². The Hall–Kier alpha value is -1.88. The van der Waals surface area contributed by atoms with Crippen molar-refractivity contribution in [3.8, 4) is 0 Å². The van der Waals surface area contributed by atoms with E-state index in [1.807, 2.05) is 30.3 Å². The first-order valence-corrected chi connectivity index (χ1v) is 6.52. The molecular weight excluding hydrogens is 242 g/mol. The first kappa shape index (κ1) is 13.5. The Morgan fingerprint density at radius 3 is 2.74 bits per heavy atom. The third-order valence-electron chi connectivity index (χ3n) is 3.35. The topological polar surface area (TPSA) is 75.4 Å². The standard InChI is InChI=1S/C14H19N3O2/c15-14(19)12-7-4-8-17(12)13(18)10-16-9-11-5-2-1-3-6-11/h1-3,5-6,12,16H,4,7-10H2,(H2,15,19)/t12-/m0/s1. The van der Waals surface area contributed by atoms with E-state index in [0.717, 1.165) is 12.0 Å². The summed E-state index contributed by atoms with van der Waals surface area (Å²) >= 11 is 0.